The van der Waals surface area contributed by atoms with E-state index in [1.54, 1.807) is 12.1 Å². The second-order valence-electron chi connectivity index (χ2n) is 3.55. The van der Waals surface area contributed by atoms with Crippen LogP contribution in [0, 0.1) is 0 Å². The summed E-state index contributed by atoms with van der Waals surface area (Å²) < 4.78 is 2.04. The molecule has 0 aliphatic carbocycles. The van der Waals surface area contributed by atoms with Crippen LogP contribution in [0.5, 0.6) is 0 Å². The molecule has 1 aromatic carbocycles. The Kier molecular flexibility index (Phi) is 2.96. The van der Waals surface area contributed by atoms with Crippen LogP contribution in [0.2, 0.25) is 0 Å². The molecule has 0 aliphatic rings. The molecule has 1 N–H and O–H groups in total. The molecule has 80 valence electrons. The Morgan fingerprint density at radius 3 is 2.25 bits per heavy atom. The Hall–Kier alpha value is -2.16. The molecule has 0 amide bonds. The lowest BCUT2D eigenvalue weighted by Crippen LogP contribution is -2.32. The molecular formula is C13H12NO2+. The molecule has 1 aromatic heterocycles. The highest BCUT2D eigenvalue weighted by Crippen LogP contribution is 2.03. The molecule has 0 fully saturated rings. The lowest BCUT2D eigenvalue weighted by atomic mass is 10.1. The van der Waals surface area contributed by atoms with Crippen molar-refractivity contribution < 1.29 is 14.5 Å². The van der Waals surface area contributed by atoms with Crippen LogP contribution in [0.1, 0.15) is 15.9 Å². The topological polar surface area (TPSA) is 41.2 Å². The number of aromatic carboxylic acids is 1. The summed E-state index contributed by atoms with van der Waals surface area (Å²) in [6, 6.07) is 12.8. The summed E-state index contributed by atoms with van der Waals surface area (Å²) in [5.41, 5.74) is 1.41. The summed E-state index contributed by atoms with van der Waals surface area (Å²) in [7, 11) is 0. The number of benzene rings is 1. The van der Waals surface area contributed by atoms with Gasteiger partial charge in [0.2, 0.25) is 0 Å². The van der Waals surface area contributed by atoms with Gasteiger partial charge in [0.1, 0.15) is 0 Å². The van der Waals surface area contributed by atoms with E-state index >= 15 is 0 Å². The fourth-order valence-corrected chi connectivity index (χ4v) is 1.50. The van der Waals surface area contributed by atoms with E-state index in [0.717, 1.165) is 12.1 Å². The predicted octanol–water partition coefficient (Wildman–Crippen LogP) is 1.72. The lowest BCUT2D eigenvalue weighted by molar-refractivity contribution is -0.688. The Morgan fingerprint density at radius 1 is 1.06 bits per heavy atom. The fourth-order valence-electron chi connectivity index (χ4n) is 1.50. The smallest absolute Gasteiger partial charge is 0.335 e. The lowest BCUT2D eigenvalue weighted by Gasteiger charge is -1.98. The molecule has 0 spiro atoms. The molecule has 0 saturated heterocycles. The molecule has 0 radical (unpaired) electrons. The SMILES string of the molecule is O=C(O)c1ccc(C[n+]2ccccc2)cc1. The zero-order chi connectivity index (χ0) is 11.4. The number of carboxylic acid groups (broad SMARTS) is 1. The van der Waals surface area contributed by atoms with E-state index < -0.39 is 5.97 Å². The molecule has 0 aliphatic heterocycles. The van der Waals surface area contributed by atoms with Gasteiger partial charge in [0.15, 0.2) is 18.9 Å². The van der Waals surface area contributed by atoms with Crippen LogP contribution >= 0.6 is 0 Å². The molecular weight excluding hydrogens is 202 g/mol. The Morgan fingerprint density at radius 2 is 1.69 bits per heavy atom. The van der Waals surface area contributed by atoms with E-state index in [0.29, 0.717) is 5.56 Å². The Balaban J connectivity index is 2.14. The van der Waals surface area contributed by atoms with Crippen LogP contribution in [-0.2, 0) is 6.54 Å². The van der Waals surface area contributed by atoms with Gasteiger partial charge in [0.25, 0.3) is 0 Å². The highest BCUT2D eigenvalue weighted by molar-refractivity contribution is 5.87. The van der Waals surface area contributed by atoms with Crippen LogP contribution in [-0.4, -0.2) is 11.1 Å². The van der Waals surface area contributed by atoms with E-state index in [2.05, 4.69) is 0 Å². The summed E-state index contributed by atoms with van der Waals surface area (Å²) in [4.78, 5) is 10.7. The summed E-state index contributed by atoms with van der Waals surface area (Å²) in [5.74, 6) is -0.890. The van der Waals surface area contributed by atoms with Gasteiger partial charge in [0, 0.05) is 17.7 Å². The molecule has 0 saturated carbocycles. The molecule has 3 nitrogen and oxygen atoms in total. The number of carboxylic acids is 1. The van der Waals surface area contributed by atoms with Crippen LogP contribution in [0.25, 0.3) is 0 Å². The number of aromatic nitrogens is 1. The van der Waals surface area contributed by atoms with E-state index in [4.69, 9.17) is 5.11 Å². The number of pyridine rings is 1. The van der Waals surface area contributed by atoms with Crippen molar-refractivity contribution in [1.29, 1.82) is 0 Å². The van der Waals surface area contributed by atoms with Gasteiger partial charge < -0.3 is 5.11 Å². The standard InChI is InChI=1S/C13H11NO2/c15-13(16)12-6-4-11(5-7-12)10-14-8-2-1-3-9-14/h1-9H,10H2/p+1. The monoisotopic (exact) mass is 214 g/mol. The third kappa shape index (κ3) is 2.45. The molecule has 1 heterocycles. The van der Waals surface area contributed by atoms with Gasteiger partial charge in [-0.25, -0.2) is 9.36 Å². The first-order valence-electron chi connectivity index (χ1n) is 5.02. The van der Waals surface area contributed by atoms with Crippen molar-refractivity contribution in [1.82, 2.24) is 0 Å². The Labute approximate surface area is 93.6 Å². The van der Waals surface area contributed by atoms with Gasteiger partial charge >= 0.3 is 5.97 Å². The second-order valence-corrected chi connectivity index (χ2v) is 3.55. The van der Waals surface area contributed by atoms with Crippen molar-refractivity contribution in [2.75, 3.05) is 0 Å². The zero-order valence-electron chi connectivity index (χ0n) is 8.71. The van der Waals surface area contributed by atoms with Crippen LogP contribution in [0.4, 0.5) is 0 Å². The maximum Gasteiger partial charge on any atom is 0.335 e. The minimum Gasteiger partial charge on any atom is -0.478 e. The number of carbonyl (C=O) groups is 1. The summed E-state index contributed by atoms with van der Waals surface area (Å²) in [5, 5.41) is 8.76. The zero-order valence-corrected chi connectivity index (χ0v) is 8.71. The molecule has 0 atom stereocenters. The Bertz CT molecular complexity index is 477. The van der Waals surface area contributed by atoms with Crippen molar-refractivity contribution in [2.24, 2.45) is 0 Å². The van der Waals surface area contributed by atoms with Crippen molar-refractivity contribution in [3.05, 3.63) is 66.0 Å². The minimum absolute atomic E-state index is 0.321. The van der Waals surface area contributed by atoms with Crippen LogP contribution < -0.4 is 4.57 Å². The molecule has 0 unspecified atom stereocenters. The number of hydrogen-bond donors (Lipinski definition) is 1. The van der Waals surface area contributed by atoms with Gasteiger partial charge in [-0.3, -0.25) is 0 Å². The number of rotatable bonds is 3. The largest absolute Gasteiger partial charge is 0.478 e. The van der Waals surface area contributed by atoms with Gasteiger partial charge in [0.05, 0.1) is 5.56 Å². The molecule has 3 heteroatoms. The minimum atomic E-state index is -0.890. The van der Waals surface area contributed by atoms with E-state index in [1.807, 2.05) is 47.3 Å². The molecule has 16 heavy (non-hydrogen) atoms. The highest BCUT2D eigenvalue weighted by Gasteiger charge is 2.04. The van der Waals surface area contributed by atoms with E-state index in [-0.39, 0.29) is 0 Å². The maximum absolute atomic E-state index is 10.7. The fraction of sp³-hybridized carbons (Fsp3) is 0.0769. The van der Waals surface area contributed by atoms with Gasteiger partial charge in [-0.1, -0.05) is 18.2 Å². The normalized spacial score (nSPS) is 10.0. The van der Waals surface area contributed by atoms with Crippen molar-refractivity contribution in [3.63, 3.8) is 0 Å². The average molecular weight is 214 g/mol. The highest BCUT2D eigenvalue weighted by atomic mass is 16.4. The number of hydrogen-bond acceptors (Lipinski definition) is 1. The van der Waals surface area contributed by atoms with Crippen molar-refractivity contribution >= 4 is 5.97 Å². The van der Waals surface area contributed by atoms with Crippen molar-refractivity contribution in [2.45, 2.75) is 6.54 Å². The van der Waals surface area contributed by atoms with Gasteiger partial charge in [-0.15, -0.1) is 0 Å². The molecule has 2 aromatic rings. The summed E-state index contributed by atoms with van der Waals surface area (Å²) >= 11 is 0. The third-order valence-electron chi connectivity index (χ3n) is 2.34. The molecule has 2 rings (SSSR count). The number of nitrogens with zero attached hydrogens (tertiary/aromatic N) is 1. The predicted molar refractivity (Wildman–Crippen MR) is 59.1 cm³/mol. The maximum atomic E-state index is 10.7. The first-order chi connectivity index (χ1) is 7.75. The van der Waals surface area contributed by atoms with E-state index in [1.165, 1.54) is 0 Å². The second kappa shape index (κ2) is 4.57. The first-order valence-corrected chi connectivity index (χ1v) is 5.02. The average Bonchev–Trinajstić information content (AvgIpc) is 2.31. The molecule has 0 bridgehead atoms. The van der Waals surface area contributed by atoms with Gasteiger partial charge in [-0.2, -0.15) is 0 Å². The summed E-state index contributed by atoms with van der Waals surface area (Å²) in [6.07, 6.45) is 3.95. The third-order valence-corrected chi connectivity index (χ3v) is 2.34. The van der Waals surface area contributed by atoms with Crippen LogP contribution in [0.15, 0.2) is 54.9 Å². The quantitative estimate of drug-likeness (QED) is 0.790. The van der Waals surface area contributed by atoms with E-state index in [9.17, 15) is 4.79 Å². The first kappa shape index (κ1) is 10.4. The van der Waals surface area contributed by atoms with Crippen LogP contribution in [0.3, 0.4) is 0 Å². The van der Waals surface area contributed by atoms with Gasteiger partial charge in [-0.05, 0) is 12.1 Å². The van der Waals surface area contributed by atoms with Crippen molar-refractivity contribution in [3.8, 4) is 0 Å². The summed E-state index contributed by atoms with van der Waals surface area (Å²) in [6.45, 7) is 0.751.